The standard InChI is InChI=1S/C31H30N6O3/c1-4-25(38)35-22-11-8-19(9-12-22)29-27(28-30(37(29)2)21(16-32)17-34-31(28)33)20-10-13-23(24(15-20)40-3)36-26(39)14-18-6-5-7-18/h4,8-13,15,17-18H,1,5-7,14H2,2-3H3,(H2,33,34)(H,35,38)(H,36,39). The molecule has 1 aliphatic carbocycles. The highest BCUT2D eigenvalue weighted by molar-refractivity contribution is 6.11. The minimum absolute atomic E-state index is 0.0302. The summed E-state index contributed by atoms with van der Waals surface area (Å²) in [6, 6.07) is 15.2. The largest absolute Gasteiger partial charge is 0.495 e. The Balaban J connectivity index is 1.64. The van der Waals surface area contributed by atoms with Crippen molar-refractivity contribution in [2.24, 2.45) is 13.0 Å². The number of benzene rings is 2. The summed E-state index contributed by atoms with van der Waals surface area (Å²) in [5.74, 6) is 0.912. The molecule has 5 rings (SSSR count). The Morgan fingerprint density at radius 3 is 2.55 bits per heavy atom. The first-order valence-corrected chi connectivity index (χ1v) is 13.0. The molecule has 2 heterocycles. The van der Waals surface area contributed by atoms with Crippen molar-refractivity contribution in [3.05, 3.63) is 66.9 Å². The van der Waals surface area contributed by atoms with Crippen molar-refractivity contribution in [3.63, 3.8) is 0 Å². The number of nitrogens with zero attached hydrogens (tertiary/aromatic N) is 3. The normalized spacial score (nSPS) is 12.8. The maximum Gasteiger partial charge on any atom is 0.247 e. The Kier molecular flexibility index (Phi) is 7.25. The smallest absolute Gasteiger partial charge is 0.247 e. The third kappa shape index (κ3) is 4.87. The van der Waals surface area contributed by atoms with Crippen molar-refractivity contribution in [2.75, 3.05) is 23.5 Å². The minimum Gasteiger partial charge on any atom is -0.495 e. The summed E-state index contributed by atoms with van der Waals surface area (Å²) in [4.78, 5) is 28.7. The molecule has 1 saturated carbocycles. The highest BCUT2D eigenvalue weighted by Crippen LogP contribution is 2.45. The molecule has 4 N–H and O–H groups in total. The second-order valence-electron chi connectivity index (χ2n) is 9.91. The number of fused-ring (bicyclic) bond motifs is 1. The van der Waals surface area contributed by atoms with E-state index in [0.29, 0.717) is 45.9 Å². The van der Waals surface area contributed by atoms with Crippen LogP contribution in [0.2, 0.25) is 0 Å². The predicted octanol–water partition coefficient (Wildman–Crippen LogP) is 5.62. The molecule has 1 fully saturated rings. The third-order valence-electron chi connectivity index (χ3n) is 7.43. The molecule has 0 saturated heterocycles. The lowest BCUT2D eigenvalue weighted by atomic mass is 9.83. The van der Waals surface area contributed by atoms with E-state index in [1.807, 2.05) is 41.9 Å². The van der Waals surface area contributed by atoms with Gasteiger partial charge in [0.15, 0.2) is 0 Å². The van der Waals surface area contributed by atoms with Crippen LogP contribution in [0.15, 0.2) is 61.3 Å². The number of aryl methyl sites for hydroxylation is 1. The van der Waals surface area contributed by atoms with E-state index < -0.39 is 0 Å². The quantitative estimate of drug-likeness (QED) is 0.251. The van der Waals surface area contributed by atoms with Crippen molar-refractivity contribution in [1.29, 1.82) is 5.26 Å². The van der Waals surface area contributed by atoms with E-state index in [0.717, 1.165) is 35.2 Å². The maximum absolute atomic E-state index is 12.6. The molecule has 9 nitrogen and oxygen atoms in total. The van der Waals surface area contributed by atoms with Crippen LogP contribution in [-0.4, -0.2) is 28.5 Å². The van der Waals surface area contributed by atoms with Gasteiger partial charge in [0.1, 0.15) is 17.6 Å². The van der Waals surface area contributed by atoms with Gasteiger partial charge in [0.25, 0.3) is 0 Å². The summed E-state index contributed by atoms with van der Waals surface area (Å²) in [6.45, 7) is 3.49. The number of anilines is 3. The number of carbonyl (C=O) groups excluding carboxylic acids is 2. The second-order valence-corrected chi connectivity index (χ2v) is 9.91. The minimum atomic E-state index is -0.303. The average Bonchev–Trinajstić information content (AvgIpc) is 3.25. The number of nitrogens with one attached hydrogen (secondary N) is 2. The Labute approximate surface area is 232 Å². The Hall–Kier alpha value is -5.10. The first kappa shape index (κ1) is 26.5. The van der Waals surface area contributed by atoms with Gasteiger partial charge in [-0.25, -0.2) is 4.98 Å². The Bertz CT molecular complexity index is 1680. The average molecular weight is 535 g/mol. The number of hydrogen-bond donors (Lipinski definition) is 3. The molecule has 202 valence electrons. The summed E-state index contributed by atoms with van der Waals surface area (Å²) in [6.07, 6.45) is 6.55. The highest BCUT2D eigenvalue weighted by Gasteiger charge is 2.25. The van der Waals surface area contributed by atoms with Gasteiger partial charge in [-0.2, -0.15) is 5.26 Å². The van der Waals surface area contributed by atoms with Crippen LogP contribution in [0.25, 0.3) is 33.3 Å². The van der Waals surface area contributed by atoms with Gasteiger partial charge >= 0.3 is 0 Å². The summed E-state index contributed by atoms with van der Waals surface area (Å²) < 4.78 is 7.62. The van der Waals surface area contributed by atoms with Crippen LogP contribution in [0.5, 0.6) is 5.75 Å². The molecule has 0 atom stereocenters. The van der Waals surface area contributed by atoms with Gasteiger partial charge in [-0.15, -0.1) is 0 Å². The maximum atomic E-state index is 12.6. The number of aromatic nitrogens is 2. The monoisotopic (exact) mass is 534 g/mol. The van der Waals surface area contributed by atoms with Gasteiger partial charge in [-0.3, -0.25) is 9.59 Å². The summed E-state index contributed by atoms with van der Waals surface area (Å²) >= 11 is 0. The Morgan fingerprint density at radius 1 is 1.20 bits per heavy atom. The van der Waals surface area contributed by atoms with Gasteiger partial charge in [0.2, 0.25) is 11.8 Å². The van der Waals surface area contributed by atoms with E-state index in [-0.39, 0.29) is 17.6 Å². The van der Waals surface area contributed by atoms with Crippen LogP contribution >= 0.6 is 0 Å². The lowest BCUT2D eigenvalue weighted by Gasteiger charge is -2.24. The first-order chi connectivity index (χ1) is 19.3. The molecular formula is C31H30N6O3. The number of ether oxygens (including phenoxy) is 1. The molecule has 9 heteroatoms. The molecule has 0 spiro atoms. The topological polar surface area (TPSA) is 135 Å². The van der Waals surface area contributed by atoms with E-state index in [4.69, 9.17) is 10.5 Å². The van der Waals surface area contributed by atoms with Gasteiger partial charge < -0.3 is 25.7 Å². The van der Waals surface area contributed by atoms with E-state index in [2.05, 4.69) is 28.3 Å². The molecule has 0 aliphatic heterocycles. The van der Waals surface area contributed by atoms with Gasteiger partial charge in [-0.05, 0) is 60.2 Å². The SMILES string of the molecule is C=CC(=O)Nc1ccc(-c2c(-c3ccc(NC(=O)CC4CCC4)c(OC)c3)c3c(N)ncc(C#N)c3n2C)cc1. The number of carbonyl (C=O) groups is 2. The molecule has 0 bridgehead atoms. The number of nitriles is 1. The molecule has 2 aromatic heterocycles. The lowest BCUT2D eigenvalue weighted by Crippen LogP contribution is -2.21. The number of nitrogen functional groups attached to an aromatic ring is 1. The number of rotatable bonds is 8. The molecule has 1 aliphatic rings. The highest BCUT2D eigenvalue weighted by atomic mass is 16.5. The van der Waals surface area contributed by atoms with Gasteiger partial charge in [-0.1, -0.05) is 31.2 Å². The van der Waals surface area contributed by atoms with Crippen LogP contribution in [0.4, 0.5) is 17.2 Å². The fourth-order valence-electron chi connectivity index (χ4n) is 5.22. The fraction of sp³-hybridized carbons (Fsp3) is 0.226. The molecule has 40 heavy (non-hydrogen) atoms. The van der Waals surface area contributed by atoms with Crippen LogP contribution in [0, 0.1) is 17.2 Å². The van der Waals surface area contributed by atoms with Crippen molar-refractivity contribution in [1.82, 2.24) is 9.55 Å². The molecule has 4 aromatic rings. The van der Waals surface area contributed by atoms with E-state index in [1.54, 1.807) is 19.2 Å². The zero-order valence-corrected chi connectivity index (χ0v) is 22.5. The predicted molar refractivity (Wildman–Crippen MR) is 157 cm³/mol. The summed E-state index contributed by atoms with van der Waals surface area (Å²) in [5.41, 5.74) is 11.9. The number of amides is 2. The number of nitrogens with two attached hydrogens (primary N) is 1. The molecular weight excluding hydrogens is 504 g/mol. The van der Waals surface area contributed by atoms with Crippen LogP contribution in [0.3, 0.4) is 0 Å². The number of methoxy groups -OCH3 is 1. The summed E-state index contributed by atoms with van der Waals surface area (Å²) in [5, 5.41) is 16.3. The second kappa shape index (κ2) is 10.9. The lowest BCUT2D eigenvalue weighted by molar-refractivity contribution is -0.117. The molecule has 2 amide bonds. The number of pyridine rings is 1. The van der Waals surface area contributed by atoms with Crippen LogP contribution in [-0.2, 0) is 16.6 Å². The van der Waals surface area contributed by atoms with Crippen molar-refractivity contribution < 1.29 is 14.3 Å². The van der Waals surface area contributed by atoms with Crippen molar-refractivity contribution >= 4 is 39.9 Å². The molecule has 2 aromatic carbocycles. The van der Waals surface area contributed by atoms with Gasteiger partial charge in [0.05, 0.1) is 35.0 Å². The third-order valence-corrected chi connectivity index (χ3v) is 7.43. The van der Waals surface area contributed by atoms with Gasteiger partial charge in [0, 0.05) is 30.9 Å². The number of hydrogen-bond acceptors (Lipinski definition) is 6. The zero-order chi connectivity index (χ0) is 28.4. The van der Waals surface area contributed by atoms with Crippen LogP contribution in [0.1, 0.15) is 31.2 Å². The van der Waals surface area contributed by atoms with E-state index in [9.17, 15) is 14.9 Å². The Morgan fingerprint density at radius 2 is 1.93 bits per heavy atom. The zero-order valence-electron chi connectivity index (χ0n) is 22.5. The molecule has 0 unspecified atom stereocenters. The van der Waals surface area contributed by atoms with Crippen molar-refractivity contribution in [2.45, 2.75) is 25.7 Å². The first-order valence-electron chi connectivity index (χ1n) is 13.0. The van der Waals surface area contributed by atoms with E-state index >= 15 is 0 Å². The fourth-order valence-corrected chi connectivity index (χ4v) is 5.22. The van der Waals surface area contributed by atoms with Crippen molar-refractivity contribution in [3.8, 4) is 34.2 Å². The summed E-state index contributed by atoms with van der Waals surface area (Å²) in [7, 11) is 3.44. The van der Waals surface area contributed by atoms with E-state index in [1.165, 1.54) is 18.7 Å². The molecule has 0 radical (unpaired) electrons. The van der Waals surface area contributed by atoms with Crippen LogP contribution < -0.4 is 21.1 Å².